The summed E-state index contributed by atoms with van der Waals surface area (Å²) >= 11 is 0. The van der Waals surface area contributed by atoms with Gasteiger partial charge in [-0.2, -0.15) is 0 Å². The van der Waals surface area contributed by atoms with Gasteiger partial charge in [-0.05, 0) is 47.2 Å². The molecule has 0 aliphatic rings. The lowest BCUT2D eigenvalue weighted by Gasteiger charge is -2.21. The SMILES string of the molecule is CC(C)(C)c1cc(C#Cc2ccccc2C#Cc2cc(C=O)c(O)c(C(C)(C)C)c2)cc(C=O)c1O. The largest absolute Gasteiger partial charge is 0.507 e. The van der Waals surface area contributed by atoms with Crippen molar-refractivity contribution >= 4 is 12.6 Å². The van der Waals surface area contributed by atoms with Crippen LogP contribution in [0.2, 0.25) is 0 Å². The number of hydrogen-bond donors (Lipinski definition) is 2. The van der Waals surface area contributed by atoms with Gasteiger partial charge in [-0.1, -0.05) is 77.4 Å². The molecule has 0 aliphatic heterocycles. The van der Waals surface area contributed by atoms with Gasteiger partial charge in [0.15, 0.2) is 12.6 Å². The van der Waals surface area contributed by atoms with E-state index >= 15 is 0 Å². The Morgan fingerprint density at radius 3 is 1.28 bits per heavy atom. The molecule has 0 amide bonds. The lowest BCUT2D eigenvalue weighted by atomic mass is 9.84. The maximum atomic E-state index is 11.5. The van der Waals surface area contributed by atoms with Crippen molar-refractivity contribution in [2.75, 3.05) is 0 Å². The van der Waals surface area contributed by atoms with Crippen molar-refractivity contribution in [3.05, 3.63) is 93.0 Å². The molecular weight excluding hydrogens is 448 g/mol. The monoisotopic (exact) mass is 478 g/mol. The van der Waals surface area contributed by atoms with Crippen LogP contribution in [0, 0.1) is 23.7 Å². The molecule has 0 radical (unpaired) electrons. The molecule has 0 bridgehead atoms. The van der Waals surface area contributed by atoms with Crippen LogP contribution in [0.4, 0.5) is 0 Å². The molecule has 3 rings (SSSR count). The van der Waals surface area contributed by atoms with Gasteiger partial charge in [-0.3, -0.25) is 9.59 Å². The summed E-state index contributed by atoms with van der Waals surface area (Å²) in [5.74, 6) is 12.4. The summed E-state index contributed by atoms with van der Waals surface area (Å²) in [6.45, 7) is 11.8. The van der Waals surface area contributed by atoms with E-state index in [0.29, 0.717) is 46.0 Å². The number of hydrogen-bond acceptors (Lipinski definition) is 4. The van der Waals surface area contributed by atoms with Crippen LogP contribution in [0.5, 0.6) is 11.5 Å². The van der Waals surface area contributed by atoms with E-state index < -0.39 is 0 Å². The van der Waals surface area contributed by atoms with Crippen molar-refractivity contribution in [3.63, 3.8) is 0 Å². The first-order chi connectivity index (χ1) is 16.8. The highest BCUT2D eigenvalue weighted by atomic mass is 16.3. The van der Waals surface area contributed by atoms with Gasteiger partial charge in [0.2, 0.25) is 0 Å². The lowest BCUT2D eigenvalue weighted by Crippen LogP contribution is -2.12. The fourth-order valence-electron chi connectivity index (χ4n) is 3.76. The van der Waals surface area contributed by atoms with E-state index in [-0.39, 0.29) is 33.5 Å². The Morgan fingerprint density at radius 1 is 0.611 bits per heavy atom. The molecule has 0 saturated carbocycles. The maximum Gasteiger partial charge on any atom is 0.153 e. The molecule has 182 valence electrons. The average molecular weight is 479 g/mol. The first kappa shape index (κ1) is 26.3. The molecule has 4 heteroatoms. The summed E-state index contributed by atoms with van der Waals surface area (Å²) in [7, 11) is 0. The number of phenolic OH excluding ortho intramolecular Hbond substituents is 2. The Morgan fingerprint density at radius 2 is 0.972 bits per heavy atom. The van der Waals surface area contributed by atoms with Gasteiger partial charge in [0.1, 0.15) is 11.5 Å². The number of aromatic hydroxyl groups is 2. The summed E-state index contributed by atoms with van der Waals surface area (Å²) in [5.41, 5.74) is 3.62. The molecule has 0 fully saturated rings. The van der Waals surface area contributed by atoms with Crippen molar-refractivity contribution < 1.29 is 19.8 Å². The third-order valence-electron chi connectivity index (χ3n) is 5.76. The molecule has 0 spiro atoms. The summed E-state index contributed by atoms with van der Waals surface area (Å²) in [6.07, 6.45) is 1.26. The molecule has 3 aromatic rings. The first-order valence-corrected chi connectivity index (χ1v) is 11.6. The molecule has 0 heterocycles. The van der Waals surface area contributed by atoms with Crippen LogP contribution in [0.25, 0.3) is 0 Å². The number of aldehydes is 2. The molecule has 2 N–H and O–H groups in total. The third-order valence-corrected chi connectivity index (χ3v) is 5.76. The van der Waals surface area contributed by atoms with E-state index in [0.717, 1.165) is 0 Å². The summed E-state index contributed by atoms with van der Waals surface area (Å²) in [5, 5.41) is 20.9. The van der Waals surface area contributed by atoms with Crippen LogP contribution >= 0.6 is 0 Å². The van der Waals surface area contributed by atoms with Crippen LogP contribution in [0.3, 0.4) is 0 Å². The van der Waals surface area contributed by atoms with Gasteiger partial charge in [0, 0.05) is 33.4 Å². The minimum Gasteiger partial charge on any atom is -0.507 e. The topological polar surface area (TPSA) is 74.6 Å². The quantitative estimate of drug-likeness (QED) is 0.344. The molecule has 0 aromatic heterocycles. The van der Waals surface area contributed by atoms with Gasteiger partial charge in [0.25, 0.3) is 0 Å². The summed E-state index contributed by atoms with van der Waals surface area (Å²) in [4.78, 5) is 23.0. The van der Waals surface area contributed by atoms with E-state index in [4.69, 9.17) is 0 Å². The van der Waals surface area contributed by atoms with Crippen molar-refractivity contribution in [3.8, 4) is 35.2 Å². The van der Waals surface area contributed by atoms with Crippen LogP contribution in [0.15, 0.2) is 48.5 Å². The fraction of sp³-hybridized carbons (Fsp3) is 0.250. The van der Waals surface area contributed by atoms with Crippen molar-refractivity contribution in [1.29, 1.82) is 0 Å². The number of benzene rings is 3. The summed E-state index contributed by atoms with van der Waals surface area (Å²) < 4.78 is 0. The Bertz CT molecular complexity index is 1340. The molecule has 0 unspecified atom stereocenters. The van der Waals surface area contributed by atoms with Crippen molar-refractivity contribution in [1.82, 2.24) is 0 Å². The van der Waals surface area contributed by atoms with Crippen LogP contribution < -0.4 is 0 Å². The van der Waals surface area contributed by atoms with Gasteiger partial charge in [0.05, 0.1) is 11.1 Å². The highest BCUT2D eigenvalue weighted by Crippen LogP contribution is 2.34. The van der Waals surface area contributed by atoms with Crippen molar-refractivity contribution in [2.24, 2.45) is 0 Å². The third kappa shape index (κ3) is 5.85. The smallest absolute Gasteiger partial charge is 0.153 e. The standard InChI is InChI=1S/C32H30O4/c1-31(2,3)27-17-21(15-25(19-33)29(27)35)11-13-23-9-7-8-10-24(23)14-12-22-16-26(20-34)30(36)28(18-22)32(4,5)6/h7-10,15-20,35-36H,1-6H3. The average Bonchev–Trinajstić information content (AvgIpc) is 2.81. The van der Waals surface area contributed by atoms with Gasteiger partial charge >= 0.3 is 0 Å². The van der Waals surface area contributed by atoms with E-state index in [2.05, 4.69) is 23.7 Å². The molecule has 0 saturated heterocycles. The Hall–Kier alpha value is -4.28. The minimum atomic E-state index is -0.362. The Labute approximate surface area is 213 Å². The zero-order valence-corrected chi connectivity index (χ0v) is 21.5. The second-order valence-electron chi connectivity index (χ2n) is 10.7. The van der Waals surface area contributed by atoms with Crippen LogP contribution in [-0.4, -0.2) is 22.8 Å². The number of carbonyl (C=O) groups is 2. The minimum absolute atomic E-state index is 0.0208. The van der Waals surface area contributed by atoms with Gasteiger partial charge in [-0.15, -0.1) is 0 Å². The van der Waals surface area contributed by atoms with Gasteiger partial charge < -0.3 is 10.2 Å². The zero-order valence-electron chi connectivity index (χ0n) is 21.5. The molecule has 4 nitrogen and oxygen atoms in total. The molecule has 0 aliphatic carbocycles. The predicted octanol–water partition coefficient (Wildman–Crippen LogP) is 6.12. The maximum absolute atomic E-state index is 11.5. The summed E-state index contributed by atoms with van der Waals surface area (Å²) in [6, 6.07) is 14.2. The highest BCUT2D eigenvalue weighted by molar-refractivity contribution is 5.82. The number of phenols is 2. The molecule has 36 heavy (non-hydrogen) atoms. The van der Waals surface area contributed by atoms with Crippen LogP contribution in [-0.2, 0) is 10.8 Å². The second kappa shape index (κ2) is 10.1. The fourth-order valence-corrected chi connectivity index (χ4v) is 3.76. The lowest BCUT2D eigenvalue weighted by molar-refractivity contribution is 0.111. The molecule has 3 aromatic carbocycles. The van der Waals surface area contributed by atoms with Crippen molar-refractivity contribution in [2.45, 2.75) is 52.4 Å². The van der Waals surface area contributed by atoms with Crippen LogP contribution in [0.1, 0.15) is 95.6 Å². The number of rotatable bonds is 2. The Kier molecular flexibility index (Phi) is 7.42. The predicted molar refractivity (Wildman–Crippen MR) is 143 cm³/mol. The van der Waals surface area contributed by atoms with E-state index in [1.54, 1.807) is 24.3 Å². The normalized spacial score (nSPS) is 11.1. The zero-order chi connectivity index (χ0) is 26.7. The number of carbonyl (C=O) groups excluding carboxylic acids is 2. The molecule has 0 atom stereocenters. The second-order valence-corrected chi connectivity index (χ2v) is 10.7. The highest BCUT2D eigenvalue weighted by Gasteiger charge is 2.22. The van der Waals surface area contributed by atoms with E-state index in [9.17, 15) is 19.8 Å². The molecular formula is C32H30O4. The van der Waals surface area contributed by atoms with E-state index in [1.165, 1.54) is 0 Å². The Balaban J connectivity index is 2.07. The van der Waals surface area contributed by atoms with E-state index in [1.807, 2.05) is 65.8 Å². The van der Waals surface area contributed by atoms with Gasteiger partial charge in [-0.25, -0.2) is 0 Å². The first-order valence-electron chi connectivity index (χ1n) is 11.6.